The second kappa shape index (κ2) is 6.37. The normalized spacial score (nSPS) is 10.6. The van der Waals surface area contributed by atoms with Gasteiger partial charge in [0.25, 0.3) is 5.91 Å². The minimum Gasteiger partial charge on any atom is -0.507 e. The molecule has 0 radical (unpaired) electrons. The minimum atomic E-state index is -0.215. The monoisotopic (exact) mass is 376 g/mol. The van der Waals surface area contributed by atoms with Gasteiger partial charge in [-0.3, -0.25) is 4.79 Å². The lowest BCUT2D eigenvalue weighted by molar-refractivity contribution is 0.101. The molecule has 0 saturated heterocycles. The molecule has 2 aromatic heterocycles. The number of phenolic OH excluding ortho intramolecular Hbond substituents is 1. The van der Waals surface area contributed by atoms with E-state index in [4.69, 9.17) is 0 Å². The molecule has 0 aliphatic rings. The third-order valence-corrected chi connectivity index (χ3v) is 4.89. The number of aromatic hydroxyl groups is 1. The first kappa shape index (κ1) is 14.9. The van der Waals surface area contributed by atoms with Gasteiger partial charge in [0.1, 0.15) is 11.4 Å². The summed E-state index contributed by atoms with van der Waals surface area (Å²) in [6.45, 7) is 0.661. The van der Waals surface area contributed by atoms with Crippen molar-refractivity contribution in [3.63, 3.8) is 0 Å². The van der Waals surface area contributed by atoms with Crippen molar-refractivity contribution in [1.82, 2.24) is 4.57 Å². The van der Waals surface area contributed by atoms with Crippen molar-refractivity contribution >= 4 is 38.9 Å². The zero-order valence-electron chi connectivity index (χ0n) is 11.5. The Labute approximate surface area is 140 Å². The van der Waals surface area contributed by atoms with Gasteiger partial charge in [0.2, 0.25) is 0 Å². The Bertz CT molecular complexity index is 796. The van der Waals surface area contributed by atoms with Crippen LogP contribution in [0.3, 0.4) is 0 Å². The predicted molar refractivity (Wildman–Crippen MR) is 91.6 cm³/mol. The summed E-state index contributed by atoms with van der Waals surface area (Å²) in [5.74, 6) is -0.125. The summed E-state index contributed by atoms with van der Waals surface area (Å²) in [5.41, 5.74) is 1.11. The molecule has 0 bridgehead atoms. The van der Waals surface area contributed by atoms with Crippen LogP contribution in [0, 0.1) is 0 Å². The number of anilines is 1. The molecule has 3 rings (SSSR count). The molecule has 3 aromatic rings. The van der Waals surface area contributed by atoms with Crippen molar-refractivity contribution in [3.05, 3.63) is 69.1 Å². The number of nitrogens with zero attached hydrogens (tertiary/aromatic N) is 1. The predicted octanol–water partition coefficient (Wildman–Crippen LogP) is 4.32. The lowest BCUT2D eigenvalue weighted by atomic mass is 10.3. The zero-order valence-corrected chi connectivity index (χ0v) is 13.9. The summed E-state index contributed by atoms with van der Waals surface area (Å²) < 4.78 is 2.37. The summed E-state index contributed by atoms with van der Waals surface area (Å²) >= 11 is 4.93. The number of halogens is 1. The molecule has 2 heterocycles. The van der Waals surface area contributed by atoms with Gasteiger partial charge in [0, 0.05) is 11.1 Å². The van der Waals surface area contributed by atoms with E-state index in [1.54, 1.807) is 35.6 Å². The summed E-state index contributed by atoms with van der Waals surface area (Å²) in [6.07, 6.45) is 1.88. The second-order valence-electron chi connectivity index (χ2n) is 4.69. The van der Waals surface area contributed by atoms with E-state index in [2.05, 4.69) is 21.2 Å². The maximum atomic E-state index is 12.5. The molecule has 22 heavy (non-hydrogen) atoms. The number of nitrogens with one attached hydrogen (secondary N) is 1. The van der Waals surface area contributed by atoms with Crippen molar-refractivity contribution in [2.45, 2.75) is 6.54 Å². The van der Waals surface area contributed by atoms with E-state index in [0.717, 1.165) is 0 Å². The van der Waals surface area contributed by atoms with Crippen LogP contribution in [0.25, 0.3) is 0 Å². The first-order chi connectivity index (χ1) is 10.6. The van der Waals surface area contributed by atoms with Gasteiger partial charge in [0.05, 0.1) is 16.7 Å². The van der Waals surface area contributed by atoms with E-state index in [1.165, 1.54) is 4.88 Å². The molecule has 0 aliphatic carbocycles. The fourth-order valence-corrected chi connectivity index (χ4v) is 3.20. The van der Waals surface area contributed by atoms with Crippen molar-refractivity contribution in [1.29, 1.82) is 0 Å². The van der Waals surface area contributed by atoms with Crippen LogP contribution in [-0.2, 0) is 6.54 Å². The second-order valence-corrected chi connectivity index (χ2v) is 6.52. The molecule has 6 heteroatoms. The zero-order chi connectivity index (χ0) is 15.5. The van der Waals surface area contributed by atoms with Crippen LogP contribution in [-0.4, -0.2) is 15.6 Å². The maximum absolute atomic E-state index is 12.5. The standard InChI is InChI=1S/C16H13BrN2O2S/c17-15-12(5-1-7-14(15)20)18-16(21)13-6-2-8-19(13)10-11-4-3-9-22-11/h1-9,20H,10H2,(H,18,21). The third-order valence-electron chi connectivity index (χ3n) is 3.19. The summed E-state index contributed by atoms with van der Waals surface area (Å²) in [6, 6.07) is 12.6. The highest BCUT2D eigenvalue weighted by atomic mass is 79.9. The molecule has 0 fully saturated rings. The Kier molecular flexibility index (Phi) is 4.31. The highest BCUT2D eigenvalue weighted by molar-refractivity contribution is 9.10. The Hall–Kier alpha value is -2.05. The third kappa shape index (κ3) is 3.08. The van der Waals surface area contributed by atoms with E-state index in [-0.39, 0.29) is 11.7 Å². The lowest BCUT2D eigenvalue weighted by Crippen LogP contribution is -2.17. The van der Waals surface area contributed by atoms with Gasteiger partial charge in [-0.25, -0.2) is 0 Å². The fraction of sp³-hybridized carbons (Fsp3) is 0.0625. The number of benzene rings is 1. The van der Waals surface area contributed by atoms with E-state index in [0.29, 0.717) is 22.4 Å². The van der Waals surface area contributed by atoms with E-state index in [9.17, 15) is 9.90 Å². The van der Waals surface area contributed by atoms with Gasteiger partial charge in [-0.1, -0.05) is 12.1 Å². The van der Waals surface area contributed by atoms with Crippen LogP contribution in [0.2, 0.25) is 0 Å². The molecule has 0 atom stereocenters. The molecule has 0 spiro atoms. The maximum Gasteiger partial charge on any atom is 0.272 e. The fourth-order valence-electron chi connectivity index (χ4n) is 2.13. The molecule has 0 saturated carbocycles. The molecule has 4 nitrogen and oxygen atoms in total. The molecule has 112 valence electrons. The molecule has 0 aliphatic heterocycles. The average Bonchev–Trinajstić information content (AvgIpc) is 3.16. The number of rotatable bonds is 4. The molecular weight excluding hydrogens is 364 g/mol. The number of phenols is 1. The highest BCUT2D eigenvalue weighted by Gasteiger charge is 2.14. The number of thiophene rings is 1. The first-order valence-electron chi connectivity index (χ1n) is 6.61. The van der Waals surface area contributed by atoms with Crippen molar-refractivity contribution in [3.8, 4) is 5.75 Å². The lowest BCUT2D eigenvalue weighted by Gasteiger charge is -2.11. The SMILES string of the molecule is O=C(Nc1cccc(O)c1Br)c1cccn1Cc1cccs1. The average molecular weight is 377 g/mol. The quantitative estimate of drug-likeness (QED) is 0.712. The van der Waals surface area contributed by atoms with Gasteiger partial charge in [0.15, 0.2) is 0 Å². The smallest absolute Gasteiger partial charge is 0.272 e. The van der Waals surface area contributed by atoms with Crippen molar-refractivity contribution in [2.75, 3.05) is 5.32 Å². The Morgan fingerprint density at radius 1 is 1.23 bits per heavy atom. The Morgan fingerprint density at radius 3 is 2.86 bits per heavy atom. The number of carbonyl (C=O) groups excluding carboxylic acids is 1. The van der Waals surface area contributed by atoms with Crippen molar-refractivity contribution < 1.29 is 9.90 Å². The highest BCUT2D eigenvalue weighted by Crippen LogP contribution is 2.31. The van der Waals surface area contributed by atoms with Gasteiger partial charge in [-0.15, -0.1) is 11.3 Å². The van der Waals surface area contributed by atoms with Crippen molar-refractivity contribution in [2.24, 2.45) is 0 Å². The number of aromatic nitrogens is 1. The van der Waals surface area contributed by atoms with Crippen LogP contribution in [0.4, 0.5) is 5.69 Å². The van der Waals surface area contributed by atoms with Gasteiger partial charge in [-0.05, 0) is 51.6 Å². The van der Waals surface area contributed by atoms with Gasteiger partial charge < -0.3 is 15.0 Å². The molecule has 2 N–H and O–H groups in total. The number of hydrogen-bond donors (Lipinski definition) is 2. The number of amides is 1. The number of carbonyl (C=O) groups is 1. The van der Waals surface area contributed by atoms with Crippen LogP contribution < -0.4 is 5.32 Å². The van der Waals surface area contributed by atoms with E-state index < -0.39 is 0 Å². The van der Waals surface area contributed by atoms with Crippen LogP contribution in [0.1, 0.15) is 15.4 Å². The van der Waals surface area contributed by atoms with Gasteiger partial charge >= 0.3 is 0 Å². The topological polar surface area (TPSA) is 54.3 Å². The summed E-state index contributed by atoms with van der Waals surface area (Å²) in [7, 11) is 0. The molecule has 1 amide bonds. The van der Waals surface area contributed by atoms with Crippen LogP contribution >= 0.6 is 27.3 Å². The molecule has 1 aromatic carbocycles. The largest absolute Gasteiger partial charge is 0.507 e. The molecule has 0 unspecified atom stereocenters. The van der Waals surface area contributed by atoms with E-state index >= 15 is 0 Å². The number of hydrogen-bond acceptors (Lipinski definition) is 3. The summed E-state index contributed by atoms with van der Waals surface area (Å²) in [4.78, 5) is 13.6. The van der Waals surface area contributed by atoms with E-state index in [1.807, 2.05) is 34.3 Å². The van der Waals surface area contributed by atoms with Crippen LogP contribution in [0.15, 0.2) is 58.5 Å². The van der Waals surface area contributed by atoms with Gasteiger partial charge in [-0.2, -0.15) is 0 Å². The van der Waals surface area contributed by atoms with Crippen LogP contribution in [0.5, 0.6) is 5.75 Å². The summed E-state index contributed by atoms with van der Waals surface area (Å²) in [5, 5.41) is 14.5. The minimum absolute atomic E-state index is 0.0896. The first-order valence-corrected chi connectivity index (χ1v) is 8.29. The molecular formula is C16H13BrN2O2S. The Balaban J connectivity index is 1.81. The Morgan fingerprint density at radius 2 is 2.09 bits per heavy atom.